The van der Waals surface area contributed by atoms with Gasteiger partial charge in [0.2, 0.25) is 0 Å². The van der Waals surface area contributed by atoms with Crippen molar-refractivity contribution in [2.45, 2.75) is 39.3 Å². The zero-order valence-electron chi connectivity index (χ0n) is 17.0. The maximum atomic E-state index is 12.7. The van der Waals surface area contributed by atoms with Crippen LogP contribution in [0.3, 0.4) is 0 Å². The highest BCUT2D eigenvalue weighted by Crippen LogP contribution is 2.30. The van der Waals surface area contributed by atoms with Crippen LogP contribution in [0.5, 0.6) is 5.75 Å². The lowest BCUT2D eigenvalue weighted by Gasteiger charge is -2.25. The van der Waals surface area contributed by atoms with Gasteiger partial charge in [0.1, 0.15) is 12.4 Å². The van der Waals surface area contributed by atoms with Gasteiger partial charge in [-0.05, 0) is 29.5 Å². The molecule has 158 valence electrons. The van der Waals surface area contributed by atoms with E-state index in [1.807, 2.05) is 29.0 Å². The second-order valence-corrected chi connectivity index (χ2v) is 8.46. The Morgan fingerprint density at radius 3 is 2.57 bits per heavy atom. The molecule has 0 saturated heterocycles. The summed E-state index contributed by atoms with van der Waals surface area (Å²) in [5, 5.41) is 9.48. The Hall–Kier alpha value is -2.71. The molecule has 2 amide bonds. The van der Waals surface area contributed by atoms with E-state index >= 15 is 0 Å². The van der Waals surface area contributed by atoms with Crippen molar-refractivity contribution in [1.82, 2.24) is 10.3 Å². The topological polar surface area (TPSA) is 80.3 Å². The van der Waals surface area contributed by atoms with Gasteiger partial charge in [0.15, 0.2) is 0 Å². The molecule has 3 rings (SSSR count). The lowest BCUT2D eigenvalue weighted by atomic mass is 9.93. The van der Waals surface area contributed by atoms with Gasteiger partial charge in [0.05, 0.1) is 22.9 Å². The van der Waals surface area contributed by atoms with Gasteiger partial charge in [-0.1, -0.05) is 44.9 Å². The number of nitrogens with zero attached hydrogens (tertiary/aromatic N) is 1. The van der Waals surface area contributed by atoms with Gasteiger partial charge >= 0.3 is 11.8 Å². The lowest BCUT2D eigenvalue weighted by Crippen LogP contribution is -2.40. The molecular formula is C22H25N3O3S2. The number of carbonyl (C=O) groups is 2. The van der Waals surface area contributed by atoms with E-state index in [1.165, 1.54) is 11.3 Å². The lowest BCUT2D eigenvalue weighted by molar-refractivity contribution is -0.136. The van der Waals surface area contributed by atoms with Crippen molar-refractivity contribution in [3.8, 4) is 5.75 Å². The van der Waals surface area contributed by atoms with Gasteiger partial charge in [-0.3, -0.25) is 9.59 Å². The van der Waals surface area contributed by atoms with Crippen molar-refractivity contribution < 1.29 is 14.3 Å². The average Bonchev–Trinajstić information content (AvgIpc) is 3.47. The summed E-state index contributed by atoms with van der Waals surface area (Å²) in [5.74, 6) is -0.627. The highest BCUT2D eigenvalue weighted by Gasteiger charge is 2.26. The minimum absolute atomic E-state index is 0.186. The number of hydrogen-bond acceptors (Lipinski definition) is 6. The van der Waals surface area contributed by atoms with Gasteiger partial charge in [-0.15, -0.1) is 22.7 Å². The number of hydrogen-bond donors (Lipinski definition) is 2. The summed E-state index contributed by atoms with van der Waals surface area (Å²) in [6, 6.07) is 10.8. The summed E-state index contributed by atoms with van der Waals surface area (Å²) in [4.78, 5) is 30.5. The first-order valence-electron chi connectivity index (χ1n) is 9.86. The first-order valence-corrected chi connectivity index (χ1v) is 11.7. The zero-order chi connectivity index (χ0) is 21.3. The second kappa shape index (κ2) is 10.9. The van der Waals surface area contributed by atoms with E-state index in [0.29, 0.717) is 11.4 Å². The highest BCUT2D eigenvalue weighted by molar-refractivity contribution is 7.10. The van der Waals surface area contributed by atoms with Gasteiger partial charge in [0, 0.05) is 10.3 Å². The number of aromatic nitrogens is 1. The minimum Gasteiger partial charge on any atom is -0.485 e. The normalized spacial score (nSPS) is 11.8. The number of amides is 2. The largest absolute Gasteiger partial charge is 0.485 e. The Kier molecular flexibility index (Phi) is 7.98. The van der Waals surface area contributed by atoms with E-state index in [4.69, 9.17) is 4.74 Å². The van der Waals surface area contributed by atoms with E-state index in [2.05, 4.69) is 29.5 Å². The van der Waals surface area contributed by atoms with E-state index in [1.54, 1.807) is 35.0 Å². The van der Waals surface area contributed by atoms with Crippen LogP contribution in [-0.2, 0) is 16.2 Å². The molecule has 0 spiro atoms. The van der Waals surface area contributed by atoms with Crippen LogP contribution < -0.4 is 15.4 Å². The standard InChI is InChI=1S/C22H25N3O3S2/c1-3-15(4-2)20(19-10-7-11-30-19)25-22(27)21(26)24-17-8-5-6-9-18(17)28-12-16-13-29-14-23-16/h5-11,13-15,20H,3-4,12H2,1-2H3,(H,24,26)(H,25,27). The van der Waals surface area contributed by atoms with Crippen LogP contribution in [-0.4, -0.2) is 16.8 Å². The number of rotatable bonds is 9. The molecule has 1 unspecified atom stereocenters. The van der Waals surface area contributed by atoms with Crippen molar-refractivity contribution in [1.29, 1.82) is 0 Å². The SMILES string of the molecule is CCC(CC)C(NC(=O)C(=O)Nc1ccccc1OCc1cscn1)c1cccs1. The maximum absolute atomic E-state index is 12.7. The molecule has 3 aromatic rings. The molecule has 0 aliphatic rings. The fraction of sp³-hybridized carbons (Fsp3) is 0.318. The summed E-state index contributed by atoms with van der Waals surface area (Å²) in [6.07, 6.45) is 1.82. The predicted octanol–water partition coefficient (Wildman–Crippen LogP) is 5.02. The molecule has 0 radical (unpaired) electrons. The van der Waals surface area contributed by atoms with Gasteiger partial charge in [0.25, 0.3) is 0 Å². The van der Waals surface area contributed by atoms with Gasteiger partial charge in [-0.25, -0.2) is 4.98 Å². The molecule has 30 heavy (non-hydrogen) atoms. The molecule has 1 aromatic carbocycles. The van der Waals surface area contributed by atoms with Crippen molar-refractivity contribution in [3.05, 3.63) is 63.2 Å². The number of nitrogens with one attached hydrogen (secondary N) is 2. The molecule has 0 saturated carbocycles. The second-order valence-electron chi connectivity index (χ2n) is 6.76. The predicted molar refractivity (Wildman–Crippen MR) is 121 cm³/mol. The Balaban J connectivity index is 1.67. The number of para-hydroxylation sites is 2. The number of ether oxygens (including phenoxy) is 1. The molecule has 0 fully saturated rings. The molecular weight excluding hydrogens is 418 g/mol. The number of anilines is 1. The van der Waals surface area contributed by atoms with Crippen LogP contribution in [0.25, 0.3) is 0 Å². The van der Waals surface area contributed by atoms with E-state index in [-0.39, 0.29) is 18.6 Å². The van der Waals surface area contributed by atoms with Gasteiger partial charge < -0.3 is 15.4 Å². The molecule has 0 aliphatic heterocycles. The first kappa shape index (κ1) is 22.0. The van der Waals surface area contributed by atoms with Crippen LogP contribution in [0.1, 0.15) is 43.3 Å². The molecule has 1 atom stereocenters. The molecule has 6 nitrogen and oxygen atoms in total. The summed E-state index contributed by atoms with van der Waals surface area (Å²) in [7, 11) is 0. The number of thiazole rings is 1. The smallest absolute Gasteiger partial charge is 0.313 e. The van der Waals surface area contributed by atoms with E-state index < -0.39 is 11.8 Å². The Morgan fingerprint density at radius 2 is 1.90 bits per heavy atom. The highest BCUT2D eigenvalue weighted by atomic mass is 32.1. The van der Waals surface area contributed by atoms with Crippen LogP contribution >= 0.6 is 22.7 Å². The van der Waals surface area contributed by atoms with Crippen molar-refractivity contribution in [3.63, 3.8) is 0 Å². The zero-order valence-corrected chi connectivity index (χ0v) is 18.6. The van der Waals surface area contributed by atoms with Crippen molar-refractivity contribution in [2.75, 3.05) is 5.32 Å². The molecule has 0 aliphatic carbocycles. The molecule has 0 bridgehead atoms. The third-order valence-electron chi connectivity index (χ3n) is 4.86. The molecule has 2 aromatic heterocycles. The average molecular weight is 444 g/mol. The summed E-state index contributed by atoms with van der Waals surface area (Å²) in [5.41, 5.74) is 2.99. The summed E-state index contributed by atoms with van der Waals surface area (Å²) < 4.78 is 5.77. The third-order valence-corrected chi connectivity index (χ3v) is 6.45. The number of benzene rings is 1. The fourth-order valence-electron chi connectivity index (χ4n) is 3.19. The van der Waals surface area contributed by atoms with E-state index in [9.17, 15) is 9.59 Å². The van der Waals surface area contributed by atoms with Gasteiger partial charge in [-0.2, -0.15) is 0 Å². The summed E-state index contributed by atoms with van der Waals surface area (Å²) in [6.45, 7) is 4.48. The molecule has 2 N–H and O–H groups in total. The first-order chi connectivity index (χ1) is 14.6. The van der Waals surface area contributed by atoms with Crippen LogP contribution in [0.15, 0.2) is 52.7 Å². The van der Waals surface area contributed by atoms with Crippen LogP contribution in [0, 0.1) is 5.92 Å². The molecule has 8 heteroatoms. The Morgan fingerprint density at radius 1 is 1.10 bits per heavy atom. The molecule has 2 heterocycles. The van der Waals surface area contributed by atoms with E-state index in [0.717, 1.165) is 23.4 Å². The third kappa shape index (κ3) is 5.67. The van der Waals surface area contributed by atoms with Crippen LogP contribution in [0.2, 0.25) is 0 Å². The van der Waals surface area contributed by atoms with Crippen LogP contribution in [0.4, 0.5) is 5.69 Å². The number of thiophene rings is 1. The minimum atomic E-state index is -0.716. The monoisotopic (exact) mass is 443 g/mol. The quantitative estimate of drug-likeness (QED) is 0.455. The Bertz CT molecular complexity index is 938. The van der Waals surface area contributed by atoms with Crippen molar-refractivity contribution in [2.24, 2.45) is 5.92 Å². The van der Waals surface area contributed by atoms with Crippen molar-refractivity contribution >= 4 is 40.2 Å². The maximum Gasteiger partial charge on any atom is 0.313 e. The fourth-order valence-corrected chi connectivity index (χ4v) is 4.60. The summed E-state index contributed by atoms with van der Waals surface area (Å²) >= 11 is 3.07. The number of carbonyl (C=O) groups excluding carboxylic acids is 2. The Labute approximate surface area is 184 Å².